The van der Waals surface area contributed by atoms with Crippen molar-refractivity contribution in [3.63, 3.8) is 0 Å². The molecule has 0 aliphatic carbocycles. The summed E-state index contributed by atoms with van der Waals surface area (Å²) in [7, 11) is 1.63. The van der Waals surface area contributed by atoms with Gasteiger partial charge >= 0.3 is 0 Å². The number of amides is 1. The van der Waals surface area contributed by atoms with E-state index in [9.17, 15) is 4.79 Å². The molecular formula is C24H24N4O3S. The number of ether oxygens (including phenoxy) is 1. The first kappa shape index (κ1) is 21.7. The van der Waals surface area contributed by atoms with E-state index in [0.29, 0.717) is 17.5 Å². The average molecular weight is 449 g/mol. The molecule has 0 spiro atoms. The number of hydrogen-bond donors (Lipinski definition) is 1. The number of thioether (sulfide) groups is 1. The van der Waals surface area contributed by atoms with Gasteiger partial charge < -0.3 is 14.5 Å². The molecule has 7 nitrogen and oxygen atoms in total. The van der Waals surface area contributed by atoms with Crippen LogP contribution in [-0.4, -0.2) is 33.5 Å². The molecule has 0 saturated carbocycles. The van der Waals surface area contributed by atoms with Crippen molar-refractivity contribution in [2.45, 2.75) is 25.5 Å². The van der Waals surface area contributed by atoms with Gasteiger partial charge in [0.05, 0.1) is 25.7 Å². The fourth-order valence-electron chi connectivity index (χ4n) is 3.22. The van der Waals surface area contributed by atoms with E-state index in [4.69, 9.17) is 9.15 Å². The molecule has 4 rings (SSSR count). The van der Waals surface area contributed by atoms with E-state index in [-0.39, 0.29) is 11.7 Å². The molecule has 0 bridgehead atoms. The Morgan fingerprint density at radius 1 is 1.09 bits per heavy atom. The summed E-state index contributed by atoms with van der Waals surface area (Å²) < 4.78 is 12.8. The van der Waals surface area contributed by atoms with Gasteiger partial charge in [0.1, 0.15) is 11.5 Å². The van der Waals surface area contributed by atoms with E-state index in [1.165, 1.54) is 17.3 Å². The first-order chi connectivity index (χ1) is 15.5. The minimum Gasteiger partial charge on any atom is -0.497 e. The monoisotopic (exact) mass is 448 g/mol. The number of nitrogens with zero attached hydrogens (tertiary/aromatic N) is 3. The summed E-state index contributed by atoms with van der Waals surface area (Å²) >= 11 is 1.33. The SMILES string of the molecule is COc1cccc(-c2nnc(SCC(=O)Nc3ccc(C)c(C)c3)n2Cc2ccco2)c1. The predicted molar refractivity (Wildman–Crippen MR) is 125 cm³/mol. The van der Waals surface area contributed by atoms with Gasteiger partial charge in [-0.25, -0.2) is 0 Å². The summed E-state index contributed by atoms with van der Waals surface area (Å²) in [6, 6.07) is 17.3. The Bertz CT molecular complexity index is 1220. The summed E-state index contributed by atoms with van der Waals surface area (Å²) in [5.74, 6) is 2.29. The molecule has 4 aromatic rings. The number of carbonyl (C=O) groups is 1. The van der Waals surface area contributed by atoms with Crippen LogP contribution in [0.4, 0.5) is 5.69 Å². The van der Waals surface area contributed by atoms with Crippen molar-refractivity contribution in [2.24, 2.45) is 0 Å². The fourth-order valence-corrected chi connectivity index (χ4v) is 3.96. The first-order valence-corrected chi connectivity index (χ1v) is 11.1. The molecule has 0 atom stereocenters. The molecule has 0 aliphatic heterocycles. The van der Waals surface area contributed by atoms with Gasteiger partial charge in [-0.1, -0.05) is 30.0 Å². The van der Waals surface area contributed by atoms with Gasteiger partial charge in [0.15, 0.2) is 11.0 Å². The molecule has 0 unspecified atom stereocenters. The van der Waals surface area contributed by atoms with Crippen molar-refractivity contribution in [3.05, 3.63) is 77.7 Å². The van der Waals surface area contributed by atoms with Crippen molar-refractivity contribution >= 4 is 23.4 Å². The summed E-state index contributed by atoms with van der Waals surface area (Å²) in [5, 5.41) is 12.3. The van der Waals surface area contributed by atoms with Crippen molar-refractivity contribution in [1.82, 2.24) is 14.8 Å². The Labute approximate surface area is 190 Å². The lowest BCUT2D eigenvalue weighted by atomic mass is 10.1. The van der Waals surface area contributed by atoms with Gasteiger partial charge in [-0.05, 0) is 61.4 Å². The first-order valence-electron chi connectivity index (χ1n) is 10.1. The molecule has 2 aromatic heterocycles. The summed E-state index contributed by atoms with van der Waals surface area (Å²) in [6.07, 6.45) is 1.63. The zero-order valence-electron chi connectivity index (χ0n) is 18.2. The summed E-state index contributed by atoms with van der Waals surface area (Å²) in [5.41, 5.74) is 3.98. The third-order valence-electron chi connectivity index (χ3n) is 5.06. The molecule has 8 heteroatoms. The number of aromatic nitrogens is 3. The van der Waals surface area contributed by atoms with Crippen LogP contribution in [0.1, 0.15) is 16.9 Å². The van der Waals surface area contributed by atoms with E-state index >= 15 is 0 Å². The molecule has 0 aliphatic rings. The molecule has 32 heavy (non-hydrogen) atoms. The van der Waals surface area contributed by atoms with Crippen LogP contribution in [0.5, 0.6) is 5.75 Å². The number of rotatable bonds is 8. The van der Waals surface area contributed by atoms with Crippen LogP contribution in [0.25, 0.3) is 11.4 Å². The number of aryl methyl sites for hydroxylation is 2. The number of nitrogens with one attached hydrogen (secondary N) is 1. The van der Waals surface area contributed by atoms with Crippen molar-refractivity contribution in [2.75, 3.05) is 18.2 Å². The lowest BCUT2D eigenvalue weighted by Gasteiger charge is -2.10. The molecule has 1 amide bonds. The highest BCUT2D eigenvalue weighted by Gasteiger charge is 2.17. The van der Waals surface area contributed by atoms with E-state index in [1.54, 1.807) is 13.4 Å². The zero-order valence-corrected chi connectivity index (χ0v) is 19.0. The van der Waals surface area contributed by atoms with E-state index in [1.807, 2.05) is 73.0 Å². The number of furan rings is 1. The Kier molecular flexibility index (Phi) is 6.61. The second kappa shape index (κ2) is 9.74. The van der Waals surface area contributed by atoms with Gasteiger partial charge in [-0.2, -0.15) is 0 Å². The highest BCUT2D eigenvalue weighted by molar-refractivity contribution is 7.99. The van der Waals surface area contributed by atoms with Crippen LogP contribution in [0.2, 0.25) is 0 Å². The van der Waals surface area contributed by atoms with E-state index < -0.39 is 0 Å². The molecule has 0 fully saturated rings. The summed E-state index contributed by atoms with van der Waals surface area (Å²) in [6.45, 7) is 4.52. The van der Waals surface area contributed by atoms with E-state index in [0.717, 1.165) is 28.3 Å². The average Bonchev–Trinajstić information content (AvgIpc) is 3.45. The molecule has 0 saturated heterocycles. The second-order valence-corrected chi connectivity index (χ2v) is 8.28. The molecule has 2 aromatic carbocycles. The maximum absolute atomic E-state index is 12.5. The van der Waals surface area contributed by atoms with Gasteiger partial charge in [-0.3, -0.25) is 9.36 Å². The van der Waals surface area contributed by atoms with Crippen LogP contribution < -0.4 is 10.1 Å². The highest BCUT2D eigenvalue weighted by Crippen LogP contribution is 2.28. The third-order valence-corrected chi connectivity index (χ3v) is 6.03. The smallest absolute Gasteiger partial charge is 0.234 e. The Balaban J connectivity index is 1.54. The Morgan fingerprint density at radius 2 is 1.97 bits per heavy atom. The lowest BCUT2D eigenvalue weighted by molar-refractivity contribution is -0.113. The number of methoxy groups -OCH3 is 1. The van der Waals surface area contributed by atoms with Crippen molar-refractivity contribution in [1.29, 1.82) is 0 Å². The van der Waals surface area contributed by atoms with Gasteiger partial charge in [0, 0.05) is 11.3 Å². The fraction of sp³-hybridized carbons (Fsp3) is 0.208. The molecule has 1 N–H and O–H groups in total. The largest absolute Gasteiger partial charge is 0.497 e. The molecular weight excluding hydrogens is 424 g/mol. The lowest BCUT2D eigenvalue weighted by Crippen LogP contribution is -2.15. The van der Waals surface area contributed by atoms with Crippen molar-refractivity contribution < 1.29 is 13.9 Å². The number of carbonyl (C=O) groups excluding carboxylic acids is 1. The topological polar surface area (TPSA) is 82.2 Å². The minimum atomic E-state index is -0.103. The standard InChI is InChI=1S/C24H24N4O3S/c1-16-9-10-19(12-17(16)2)25-22(29)15-32-24-27-26-23(18-6-4-7-20(13-18)30-3)28(24)14-21-8-5-11-31-21/h4-13H,14-15H2,1-3H3,(H,25,29). The number of hydrogen-bond acceptors (Lipinski definition) is 6. The van der Waals surface area contributed by atoms with Crippen LogP contribution >= 0.6 is 11.8 Å². The molecule has 164 valence electrons. The van der Waals surface area contributed by atoms with Gasteiger partial charge in [0.2, 0.25) is 5.91 Å². The maximum Gasteiger partial charge on any atom is 0.234 e. The predicted octanol–water partition coefficient (Wildman–Crippen LogP) is 4.94. The Morgan fingerprint density at radius 3 is 2.72 bits per heavy atom. The quantitative estimate of drug-likeness (QED) is 0.384. The number of benzene rings is 2. The van der Waals surface area contributed by atoms with Crippen LogP contribution in [-0.2, 0) is 11.3 Å². The van der Waals surface area contributed by atoms with Crippen LogP contribution in [0.15, 0.2) is 70.4 Å². The number of anilines is 1. The van der Waals surface area contributed by atoms with Crippen molar-refractivity contribution in [3.8, 4) is 17.1 Å². The van der Waals surface area contributed by atoms with Crippen LogP contribution in [0, 0.1) is 13.8 Å². The third kappa shape index (κ3) is 5.03. The normalized spacial score (nSPS) is 10.8. The van der Waals surface area contributed by atoms with Gasteiger partial charge in [0.25, 0.3) is 0 Å². The zero-order chi connectivity index (χ0) is 22.5. The van der Waals surface area contributed by atoms with E-state index in [2.05, 4.69) is 15.5 Å². The second-order valence-electron chi connectivity index (χ2n) is 7.34. The van der Waals surface area contributed by atoms with Crippen LogP contribution in [0.3, 0.4) is 0 Å². The molecule has 0 radical (unpaired) electrons. The molecule has 2 heterocycles. The highest BCUT2D eigenvalue weighted by atomic mass is 32.2. The minimum absolute atomic E-state index is 0.103. The summed E-state index contributed by atoms with van der Waals surface area (Å²) in [4.78, 5) is 12.5. The Hall–Kier alpha value is -3.52. The van der Waals surface area contributed by atoms with Gasteiger partial charge in [-0.15, -0.1) is 10.2 Å². The maximum atomic E-state index is 12.5.